The van der Waals surface area contributed by atoms with Gasteiger partial charge in [0.25, 0.3) is 0 Å². The summed E-state index contributed by atoms with van der Waals surface area (Å²) in [6.07, 6.45) is 1.84. The molecule has 1 aromatic heterocycles. The summed E-state index contributed by atoms with van der Waals surface area (Å²) in [6.45, 7) is -0.0559. The molecule has 0 spiro atoms. The van der Waals surface area contributed by atoms with Gasteiger partial charge in [0.2, 0.25) is 5.91 Å². The van der Waals surface area contributed by atoms with Crippen LogP contribution in [0.5, 0.6) is 0 Å². The molecule has 1 aliphatic heterocycles. The van der Waals surface area contributed by atoms with Crippen LogP contribution in [0.2, 0.25) is 0 Å². The number of sulfone groups is 1. The minimum absolute atomic E-state index is 0.0559. The van der Waals surface area contributed by atoms with E-state index in [1.807, 2.05) is 18.2 Å². The smallest absolute Gasteiger partial charge is 0.240 e. The van der Waals surface area contributed by atoms with E-state index in [0.29, 0.717) is 23.3 Å². The van der Waals surface area contributed by atoms with E-state index in [2.05, 4.69) is 10.3 Å². The number of para-hydroxylation sites is 2. The molecule has 1 amide bonds. The van der Waals surface area contributed by atoms with Crippen LogP contribution in [-0.4, -0.2) is 35.9 Å². The van der Waals surface area contributed by atoms with Gasteiger partial charge in [-0.05, 0) is 42.3 Å². The summed E-state index contributed by atoms with van der Waals surface area (Å²) < 4.78 is 39.0. The molecule has 0 saturated heterocycles. The molecular formula is C20H20FN3O3S2. The lowest BCUT2D eigenvalue weighted by Gasteiger charge is -2.26. The second-order valence-electron chi connectivity index (χ2n) is 7.11. The predicted octanol–water partition coefficient (Wildman–Crippen LogP) is 3.07. The Labute approximate surface area is 172 Å². The fourth-order valence-electron chi connectivity index (χ4n) is 3.55. The topological polar surface area (TPSA) is 81.1 Å². The number of carbonyl (C=O) groups excluding carboxylic acids is 1. The monoisotopic (exact) mass is 433 g/mol. The largest absolute Gasteiger partial charge is 0.348 e. The number of amides is 1. The lowest BCUT2D eigenvalue weighted by atomic mass is 10.0. The van der Waals surface area contributed by atoms with E-state index in [4.69, 9.17) is 0 Å². The van der Waals surface area contributed by atoms with Gasteiger partial charge in [-0.3, -0.25) is 4.79 Å². The number of aromatic nitrogens is 2. The molecule has 4 rings (SSSR count). The van der Waals surface area contributed by atoms with Gasteiger partial charge in [0.05, 0.1) is 17.1 Å². The Bertz CT molecular complexity index is 1190. The number of benzene rings is 2. The second-order valence-corrected chi connectivity index (χ2v) is 10.4. The van der Waals surface area contributed by atoms with Crippen LogP contribution in [0.3, 0.4) is 0 Å². The zero-order chi connectivity index (χ0) is 20.6. The average molecular weight is 434 g/mol. The van der Waals surface area contributed by atoms with Crippen molar-refractivity contribution in [3.63, 3.8) is 0 Å². The van der Waals surface area contributed by atoms with E-state index < -0.39 is 9.84 Å². The van der Waals surface area contributed by atoms with Crippen LogP contribution in [0.1, 0.15) is 23.9 Å². The Hall–Kier alpha value is -2.39. The van der Waals surface area contributed by atoms with Crippen molar-refractivity contribution in [2.75, 3.05) is 12.0 Å². The molecule has 0 aliphatic carbocycles. The van der Waals surface area contributed by atoms with Gasteiger partial charge in [0.15, 0.2) is 9.84 Å². The number of nitrogens with one attached hydrogen (secondary N) is 1. The van der Waals surface area contributed by atoms with E-state index in [0.717, 1.165) is 22.5 Å². The highest BCUT2D eigenvalue weighted by atomic mass is 32.2. The number of thioether (sulfide) groups is 1. The van der Waals surface area contributed by atoms with Gasteiger partial charge in [-0.1, -0.05) is 12.1 Å². The third kappa shape index (κ3) is 4.45. The van der Waals surface area contributed by atoms with Gasteiger partial charge < -0.3 is 9.88 Å². The first-order chi connectivity index (χ1) is 13.8. The van der Waals surface area contributed by atoms with Gasteiger partial charge >= 0.3 is 0 Å². The first-order valence-corrected chi connectivity index (χ1v) is 12.2. The molecule has 3 aromatic rings. The van der Waals surface area contributed by atoms with E-state index in [1.165, 1.54) is 12.1 Å². The summed E-state index contributed by atoms with van der Waals surface area (Å²) in [6, 6.07) is 11.6. The highest BCUT2D eigenvalue weighted by Gasteiger charge is 2.24. The van der Waals surface area contributed by atoms with Gasteiger partial charge in [-0.25, -0.2) is 17.8 Å². The van der Waals surface area contributed by atoms with E-state index in [-0.39, 0.29) is 30.1 Å². The molecule has 9 heteroatoms. The second kappa shape index (κ2) is 7.79. The predicted molar refractivity (Wildman–Crippen MR) is 111 cm³/mol. The number of carbonyl (C=O) groups is 1. The van der Waals surface area contributed by atoms with E-state index >= 15 is 0 Å². The molecule has 2 aromatic carbocycles. The number of nitrogens with zero attached hydrogens (tertiary/aromatic N) is 2. The lowest BCUT2D eigenvalue weighted by Crippen LogP contribution is -2.33. The van der Waals surface area contributed by atoms with Crippen LogP contribution in [0, 0.1) is 5.82 Å². The molecule has 0 saturated carbocycles. The summed E-state index contributed by atoms with van der Waals surface area (Å²) >= 11 is 1.64. The summed E-state index contributed by atoms with van der Waals surface area (Å²) in [5, 5.41) is 2.98. The summed E-state index contributed by atoms with van der Waals surface area (Å²) in [5.74, 6) is 0.311. The average Bonchev–Trinajstić information content (AvgIpc) is 2.97. The molecule has 152 valence electrons. The Kier molecular flexibility index (Phi) is 5.35. The minimum atomic E-state index is -3.31. The number of fused-ring (bicyclic) bond motifs is 2. The molecule has 1 N–H and O–H groups in total. The molecule has 29 heavy (non-hydrogen) atoms. The van der Waals surface area contributed by atoms with Crippen LogP contribution in [0.15, 0.2) is 47.4 Å². The number of hydrogen-bond acceptors (Lipinski definition) is 5. The zero-order valence-corrected chi connectivity index (χ0v) is 17.4. The van der Waals surface area contributed by atoms with Gasteiger partial charge in [0, 0.05) is 16.9 Å². The maximum Gasteiger partial charge on any atom is 0.240 e. The SMILES string of the molecule is CS(=O)(=O)Cc1nc2ccccc2n1CC(=O)NC1CCSc2ccc(F)cc21. The molecule has 2 heterocycles. The number of hydrogen-bond donors (Lipinski definition) is 1. The van der Waals surface area contributed by atoms with E-state index in [1.54, 1.807) is 28.5 Å². The minimum Gasteiger partial charge on any atom is -0.348 e. The Morgan fingerprint density at radius 1 is 1.31 bits per heavy atom. The van der Waals surface area contributed by atoms with Gasteiger partial charge in [0.1, 0.15) is 23.9 Å². The van der Waals surface area contributed by atoms with Crippen molar-refractivity contribution in [3.8, 4) is 0 Å². The third-order valence-electron chi connectivity index (χ3n) is 4.77. The number of imidazole rings is 1. The third-order valence-corrected chi connectivity index (χ3v) is 6.68. The van der Waals surface area contributed by atoms with Gasteiger partial charge in [-0.15, -0.1) is 11.8 Å². The molecule has 1 atom stereocenters. The molecule has 0 radical (unpaired) electrons. The lowest BCUT2D eigenvalue weighted by molar-refractivity contribution is -0.122. The molecule has 1 aliphatic rings. The Morgan fingerprint density at radius 3 is 2.90 bits per heavy atom. The number of rotatable bonds is 5. The normalized spacial score (nSPS) is 16.6. The van der Waals surface area contributed by atoms with Crippen molar-refractivity contribution in [1.82, 2.24) is 14.9 Å². The summed E-state index contributed by atoms with van der Waals surface area (Å²) in [5.41, 5.74) is 2.12. The standard InChI is InChI=1S/C20H20FN3O3S2/c1-29(26,27)12-19-22-16-4-2-3-5-17(16)24(19)11-20(25)23-15-8-9-28-18-7-6-13(21)10-14(15)18/h2-7,10,15H,8-9,11-12H2,1H3,(H,23,25). The summed E-state index contributed by atoms with van der Waals surface area (Å²) in [4.78, 5) is 18.2. The zero-order valence-electron chi connectivity index (χ0n) is 15.8. The van der Waals surface area contributed by atoms with Crippen molar-refractivity contribution in [2.45, 2.75) is 29.7 Å². The quantitative estimate of drug-likeness (QED) is 0.669. The van der Waals surface area contributed by atoms with Crippen LogP contribution in [0.25, 0.3) is 11.0 Å². The fourth-order valence-corrected chi connectivity index (χ4v) is 5.34. The van der Waals surface area contributed by atoms with Gasteiger partial charge in [-0.2, -0.15) is 0 Å². The first kappa shape index (κ1) is 19.9. The van der Waals surface area contributed by atoms with Crippen LogP contribution < -0.4 is 5.32 Å². The fraction of sp³-hybridized carbons (Fsp3) is 0.300. The van der Waals surface area contributed by atoms with Crippen LogP contribution in [-0.2, 0) is 26.9 Å². The molecule has 0 fully saturated rings. The highest BCUT2D eigenvalue weighted by molar-refractivity contribution is 7.99. The van der Waals surface area contributed by atoms with Crippen molar-refractivity contribution < 1.29 is 17.6 Å². The maximum atomic E-state index is 13.7. The number of halogens is 1. The molecule has 6 nitrogen and oxygen atoms in total. The molecule has 0 bridgehead atoms. The van der Waals surface area contributed by atoms with Crippen molar-refractivity contribution in [1.29, 1.82) is 0 Å². The van der Waals surface area contributed by atoms with E-state index in [9.17, 15) is 17.6 Å². The van der Waals surface area contributed by atoms with Crippen LogP contribution >= 0.6 is 11.8 Å². The van der Waals surface area contributed by atoms with Crippen LogP contribution in [0.4, 0.5) is 4.39 Å². The van der Waals surface area contributed by atoms with Crippen molar-refractivity contribution in [3.05, 3.63) is 59.7 Å². The first-order valence-electron chi connectivity index (χ1n) is 9.13. The molecule has 1 unspecified atom stereocenters. The summed E-state index contributed by atoms with van der Waals surface area (Å²) in [7, 11) is -3.31. The Balaban J connectivity index is 1.60. The molecular weight excluding hydrogens is 413 g/mol. The maximum absolute atomic E-state index is 13.7. The Morgan fingerprint density at radius 2 is 2.10 bits per heavy atom. The van der Waals surface area contributed by atoms with Crippen molar-refractivity contribution in [2.24, 2.45) is 0 Å². The van der Waals surface area contributed by atoms with Crippen molar-refractivity contribution >= 4 is 38.5 Å². The highest BCUT2D eigenvalue weighted by Crippen LogP contribution is 2.36.